The van der Waals surface area contributed by atoms with Gasteiger partial charge in [0.2, 0.25) is 47.3 Å². The Morgan fingerprint density at radius 3 is 1.97 bits per heavy atom. The molecule has 8 amide bonds. The van der Waals surface area contributed by atoms with Crippen LogP contribution in [0.2, 0.25) is 0 Å². The lowest BCUT2D eigenvalue weighted by Crippen LogP contribution is -2.65. The first-order valence-electron chi connectivity index (χ1n) is 20.7. The highest BCUT2D eigenvalue weighted by Crippen LogP contribution is 2.24. The van der Waals surface area contributed by atoms with Crippen molar-refractivity contribution in [3.63, 3.8) is 0 Å². The van der Waals surface area contributed by atoms with Crippen molar-refractivity contribution in [2.45, 2.75) is 147 Å². The molecule has 1 aromatic rings. The van der Waals surface area contributed by atoms with E-state index in [1.807, 2.05) is 0 Å². The smallest absolute Gasteiger partial charge is 0.305 e. The van der Waals surface area contributed by atoms with Crippen LogP contribution < -0.4 is 42.5 Å². The Labute approximate surface area is 360 Å². The summed E-state index contributed by atoms with van der Waals surface area (Å²) in [5, 5.41) is 50.6. The quantitative estimate of drug-likeness (QED) is 0.131. The zero-order valence-corrected chi connectivity index (χ0v) is 36.5. The fourth-order valence-corrected chi connectivity index (χ4v) is 7.21. The number of phenolic OH excluding ortho intramolecular Hbond substituents is 1. The molecule has 0 radical (unpaired) electrons. The number of carboxylic acid groups (broad SMARTS) is 1. The molecule has 11 N–H and O–H groups in total. The van der Waals surface area contributed by atoms with Crippen LogP contribution in [0.15, 0.2) is 24.3 Å². The van der Waals surface area contributed by atoms with Gasteiger partial charge in [0, 0.05) is 12.0 Å². The van der Waals surface area contributed by atoms with Crippen molar-refractivity contribution < 1.29 is 58.5 Å². The van der Waals surface area contributed by atoms with E-state index in [0.29, 0.717) is 12.0 Å². The fourth-order valence-electron chi connectivity index (χ4n) is 7.21. The zero-order chi connectivity index (χ0) is 46.6. The van der Waals surface area contributed by atoms with Crippen molar-refractivity contribution in [3.05, 3.63) is 29.8 Å². The molecule has 2 saturated heterocycles. The monoisotopic (exact) mass is 873 g/mol. The van der Waals surface area contributed by atoms with Gasteiger partial charge in [0.15, 0.2) is 0 Å². The van der Waals surface area contributed by atoms with Crippen LogP contribution in [0.25, 0.3) is 0 Å². The Balaban J connectivity index is 2.11. The van der Waals surface area contributed by atoms with Crippen LogP contribution in [0.5, 0.6) is 5.75 Å². The second-order valence-electron chi connectivity index (χ2n) is 17.4. The minimum atomic E-state index is -1.79. The molecule has 0 unspecified atom stereocenters. The molecule has 0 spiro atoms. The van der Waals surface area contributed by atoms with Gasteiger partial charge in [-0.2, -0.15) is 0 Å². The van der Waals surface area contributed by atoms with Crippen LogP contribution in [0.4, 0.5) is 0 Å². The summed E-state index contributed by atoms with van der Waals surface area (Å²) >= 11 is 0. The number of hydrogen-bond acceptors (Lipinski definition) is 12. The van der Waals surface area contributed by atoms with E-state index >= 15 is 0 Å². The third kappa shape index (κ3) is 15.3. The number of carboxylic acids is 1. The number of amides is 8. The van der Waals surface area contributed by atoms with Gasteiger partial charge in [-0.25, -0.2) is 0 Å². The van der Waals surface area contributed by atoms with E-state index in [1.54, 1.807) is 51.7 Å². The first-order valence-corrected chi connectivity index (χ1v) is 20.7. The van der Waals surface area contributed by atoms with Gasteiger partial charge in [-0.05, 0) is 91.0 Å². The number of benzene rings is 1. The lowest BCUT2D eigenvalue weighted by atomic mass is 10.0. The van der Waals surface area contributed by atoms with Gasteiger partial charge in [-0.15, -0.1) is 0 Å². The van der Waals surface area contributed by atoms with Gasteiger partial charge in [0.05, 0.1) is 31.2 Å². The number of phenols is 1. The number of aromatic hydroxyl groups is 1. The van der Waals surface area contributed by atoms with Gasteiger partial charge in [-0.3, -0.25) is 48.1 Å². The average Bonchev–Trinajstić information content (AvgIpc) is 3.63. The highest BCUT2D eigenvalue weighted by Gasteiger charge is 2.44. The molecular weight excluding hydrogens is 811 g/mol. The number of carbonyl (C=O) groups is 9. The highest BCUT2D eigenvalue weighted by molar-refractivity contribution is 5.98. The Morgan fingerprint density at radius 2 is 1.39 bits per heavy atom. The molecule has 2 aliphatic rings. The molecule has 344 valence electrons. The number of carbonyl (C=O) groups excluding carboxylic acids is 8. The largest absolute Gasteiger partial charge is 0.508 e. The van der Waals surface area contributed by atoms with Crippen LogP contribution in [0.1, 0.15) is 86.6 Å². The lowest BCUT2D eigenvalue weighted by Gasteiger charge is -2.38. The summed E-state index contributed by atoms with van der Waals surface area (Å²) in [5.74, 6) is -8.43. The summed E-state index contributed by atoms with van der Waals surface area (Å²) in [6, 6.07) is -4.81. The summed E-state index contributed by atoms with van der Waals surface area (Å²) in [5.41, 5.74) is -0.231. The van der Waals surface area contributed by atoms with Crippen molar-refractivity contribution in [2.24, 2.45) is 5.92 Å². The number of hydrogen-bond donors (Lipinski definition) is 11. The van der Waals surface area contributed by atoms with Crippen LogP contribution in [-0.2, 0) is 49.6 Å². The summed E-state index contributed by atoms with van der Waals surface area (Å²) in [7, 11) is 0. The summed E-state index contributed by atoms with van der Waals surface area (Å²) in [6.45, 7) is 12.3. The normalized spacial score (nSPS) is 27.5. The van der Waals surface area contributed by atoms with E-state index in [1.165, 1.54) is 32.9 Å². The van der Waals surface area contributed by atoms with E-state index in [0.717, 1.165) is 0 Å². The minimum Gasteiger partial charge on any atom is -0.508 e. The molecule has 62 heavy (non-hydrogen) atoms. The van der Waals surface area contributed by atoms with E-state index in [-0.39, 0.29) is 37.5 Å². The maximum absolute atomic E-state index is 14.2. The highest BCUT2D eigenvalue weighted by atomic mass is 16.4. The molecule has 3 rings (SSSR count). The van der Waals surface area contributed by atoms with Gasteiger partial charge in [0.1, 0.15) is 42.0 Å². The van der Waals surface area contributed by atoms with Crippen molar-refractivity contribution in [3.8, 4) is 5.75 Å². The summed E-state index contributed by atoms with van der Waals surface area (Å²) < 4.78 is 0. The molecule has 0 saturated carbocycles. The van der Waals surface area contributed by atoms with E-state index in [4.69, 9.17) is 0 Å². The van der Waals surface area contributed by atoms with E-state index < -0.39 is 126 Å². The Hall–Kier alpha value is -5.83. The molecule has 21 nitrogen and oxygen atoms in total. The minimum absolute atomic E-state index is 0.0198. The zero-order valence-electron chi connectivity index (χ0n) is 36.5. The molecule has 1 aromatic carbocycles. The average molecular weight is 874 g/mol. The predicted molar refractivity (Wildman–Crippen MR) is 223 cm³/mol. The second-order valence-corrected chi connectivity index (χ2v) is 17.4. The molecule has 2 heterocycles. The van der Waals surface area contributed by atoms with Crippen molar-refractivity contribution in [2.75, 3.05) is 13.1 Å². The van der Waals surface area contributed by atoms with Gasteiger partial charge < -0.3 is 57.9 Å². The number of aliphatic hydroxyl groups is 1. The molecular formula is C41H63N9O12. The summed E-state index contributed by atoms with van der Waals surface area (Å²) in [6.07, 6.45) is -1.93. The molecule has 0 bridgehead atoms. The fraction of sp³-hybridized carbons (Fsp3) is 0.634. The molecule has 9 atom stereocenters. The third-order valence-electron chi connectivity index (χ3n) is 10.2. The van der Waals surface area contributed by atoms with Gasteiger partial charge in [0.25, 0.3) is 0 Å². The molecule has 0 aromatic heterocycles. The number of aliphatic hydroxyl groups excluding tert-OH is 1. The van der Waals surface area contributed by atoms with Gasteiger partial charge >= 0.3 is 5.97 Å². The van der Waals surface area contributed by atoms with Gasteiger partial charge in [-0.1, -0.05) is 26.0 Å². The van der Waals surface area contributed by atoms with E-state index in [9.17, 15) is 58.5 Å². The third-order valence-corrected chi connectivity index (χ3v) is 10.2. The van der Waals surface area contributed by atoms with Crippen molar-refractivity contribution in [1.29, 1.82) is 0 Å². The topological polar surface area (TPSA) is 314 Å². The van der Waals surface area contributed by atoms with Crippen LogP contribution >= 0.6 is 0 Å². The maximum atomic E-state index is 14.2. The molecule has 21 heteroatoms. The molecule has 0 aliphatic carbocycles. The SMILES string of the molecule is CC(C)C[C@@H]1NC(=O)CNC(=O)[C@H](C)NC(=O)[C@H](Cc2ccc(O)cc2)NC(=O)[C@@H]2CCCN2[C@H](C(=O)NC(C)(C)C)[C@H](C)NC(=O)[C@H]([C@@H](C)O)NC(=O)[C@H](CC(=O)O)NC1=O. The Bertz CT molecular complexity index is 1820. The first kappa shape index (κ1) is 50.5. The van der Waals surface area contributed by atoms with Crippen molar-refractivity contribution in [1.82, 2.24) is 47.4 Å². The van der Waals surface area contributed by atoms with Crippen LogP contribution in [0.3, 0.4) is 0 Å². The Morgan fingerprint density at radius 1 is 0.790 bits per heavy atom. The van der Waals surface area contributed by atoms with E-state index in [2.05, 4.69) is 42.5 Å². The Kier molecular flexibility index (Phi) is 18.2. The second kappa shape index (κ2) is 22.3. The number of nitrogens with zero attached hydrogens (tertiary/aromatic N) is 1. The standard InChI is InChI=1S/C41H63N9O12/c1-20(2)16-26-36(58)46-28(18-31(54)55)37(59)48-32(23(5)51)39(61)43-21(3)33(40(62)49-41(6,7)8)50-15-9-10-29(50)38(60)47-27(17-24-11-13-25(52)14-12-24)35(57)44-22(4)34(56)42-19-30(53)45-26/h11-14,20-23,26-29,32-33,51-52H,9-10,15-19H2,1-8H3,(H,42,56)(H,43,61)(H,44,57)(H,45,53)(H,46,58)(H,47,60)(H,48,59)(H,49,62)(H,54,55)/t21-,22-,23+,26-,27-,28-,29-,32-,33-/m0/s1. The maximum Gasteiger partial charge on any atom is 0.305 e. The number of fused-ring (bicyclic) bond motifs is 1. The molecule has 2 fully saturated rings. The first-order chi connectivity index (χ1) is 28.9. The van der Waals surface area contributed by atoms with Crippen LogP contribution in [-0.4, -0.2) is 147 Å². The summed E-state index contributed by atoms with van der Waals surface area (Å²) in [4.78, 5) is 123. The predicted octanol–water partition coefficient (Wildman–Crippen LogP) is -2.34. The number of nitrogens with one attached hydrogen (secondary N) is 8. The van der Waals surface area contributed by atoms with Crippen LogP contribution in [0, 0.1) is 5.92 Å². The number of aliphatic carboxylic acids is 1. The molecule has 2 aliphatic heterocycles. The van der Waals surface area contributed by atoms with Crippen molar-refractivity contribution >= 4 is 53.2 Å². The lowest BCUT2D eigenvalue weighted by molar-refractivity contribution is -0.141. The number of rotatable bonds is 8.